The highest BCUT2D eigenvalue weighted by molar-refractivity contribution is 7.82. The Morgan fingerprint density at radius 1 is 1.58 bits per heavy atom. The molecule has 0 bridgehead atoms. The van der Waals surface area contributed by atoms with Gasteiger partial charge in [-0.3, -0.25) is 4.79 Å². The Bertz CT molecular complexity index is 153. The van der Waals surface area contributed by atoms with Crippen LogP contribution in [0.2, 0.25) is 0 Å². The van der Waals surface area contributed by atoms with E-state index in [9.17, 15) is 4.79 Å². The second kappa shape index (κ2) is 4.87. The molecule has 0 aromatic heterocycles. The monoisotopic (exact) mass is 190 g/mol. The Morgan fingerprint density at radius 2 is 2.08 bits per heavy atom. The third kappa shape index (κ3) is 3.59. The number of carbonyl (C=O) groups excluding carboxylic acids is 1. The highest BCUT2D eigenvalue weighted by Crippen LogP contribution is 2.21. The molecule has 0 fully saturated rings. The minimum absolute atomic E-state index is 0.0237. The van der Waals surface area contributed by atoms with Crippen molar-refractivity contribution in [3.8, 4) is 0 Å². The van der Waals surface area contributed by atoms with Gasteiger partial charge in [0.25, 0.3) is 0 Å². The molecule has 1 atom stereocenters. The summed E-state index contributed by atoms with van der Waals surface area (Å²) in [5.41, 5.74) is 0. The van der Waals surface area contributed by atoms with E-state index in [-0.39, 0.29) is 11.7 Å². The average Bonchev–Trinajstić information content (AvgIpc) is 1.99. The van der Waals surface area contributed by atoms with Crippen molar-refractivity contribution < 1.29 is 9.53 Å². The fraction of sp³-hybridized carbons (Fsp3) is 0.889. The van der Waals surface area contributed by atoms with Crippen LogP contribution < -0.4 is 0 Å². The van der Waals surface area contributed by atoms with E-state index in [4.69, 9.17) is 4.74 Å². The first-order valence-electron chi connectivity index (χ1n) is 4.32. The molecular weight excluding hydrogens is 172 g/mol. The second-order valence-electron chi connectivity index (χ2n) is 3.35. The molecule has 0 aliphatic rings. The van der Waals surface area contributed by atoms with Crippen molar-refractivity contribution in [2.45, 2.75) is 39.0 Å². The van der Waals surface area contributed by atoms with Gasteiger partial charge in [-0.05, 0) is 13.3 Å². The lowest BCUT2D eigenvalue weighted by molar-refractivity contribution is -0.135. The molecule has 0 spiro atoms. The summed E-state index contributed by atoms with van der Waals surface area (Å²) in [6.07, 6.45) is 0.904. The van der Waals surface area contributed by atoms with Gasteiger partial charge in [-0.25, -0.2) is 0 Å². The number of rotatable bonds is 5. The Labute approximate surface area is 80.1 Å². The van der Waals surface area contributed by atoms with Gasteiger partial charge in [0.1, 0.15) is 0 Å². The Hall–Kier alpha value is -0.0200. The molecule has 0 rings (SSSR count). The van der Waals surface area contributed by atoms with E-state index in [0.717, 1.165) is 6.42 Å². The number of carbonyl (C=O) groups is 1. The molecule has 1 unspecified atom stereocenters. The quantitative estimate of drug-likeness (QED) is 0.532. The summed E-state index contributed by atoms with van der Waals surface area (Å²) in [5.74, 6) is 0.0173. The zero-order valence-electron chi connectivity index (χ0n) is 8.26. The van der Waals surface area contributed by atoms with Gasteiger partial charge in [-0.15, -0.1) is 12.6 Å². The molecule has 0 radical (unpaired) electrons. The zero-order chi connectivity index (χ0) is 9.78. The Morgan fingerprint density at radius 3 is 2.42 bits per heavy atom. The van der Waals surface area contributed by atoms with Crippen LogP contribution in [0.1, 0.15) is 34.1 Å². The number of ketones is 1. The molecule has 0 saturated heterocycles. The van der Waals surface area contributed by atoms with Crippen molar-refractivity contribution in [1.82, 2.24) is 0 Å². The molecule has 0 saturated carbocycles. The lowest BCUT2D eigenvalue weighted by atomic mass is 10.0. The molecule has 0 aliphatic carbocycles. The van der Waals surface area contributed by atoms with Crippen LogP contribution in [0.15, 0.2) is 0 Å². The maximum Gasteiger partial charge on any atom is 0.176 e. The normalized spacial score (nSPS) is 16.2. The predicted octanol–water partition coefficient (Wildman–Crippen LogP) is 2.28. The number of ether oxygens (including phenoxy) is 1. The van der Waals surface area contributed by atoms with Gasteiger partial charge in [0.05, 0.1) is 0 Å². The van der Waals surface area contributed by atoms with E-state index in [2.05, 4.69) is 12.6 Å². The fourth-order valence-corrected chi connectivity index (χ4v) is 1.26. The largest absolute Gasteiger partial charge is 0.357 e. The van der Waals surface area contributed by atoms with Crippen LogP contribution in [0.4, 0.5) is 0 Å². The van der Waals surface area contributed by atoms with Crippen molar-refractivity contribution >= 4 is 18.4 Å². The van der Waals surface area contributed by atoms with Crippen LogP contribution in [0, 0.1) is 5.92 Å². The van der Waals surface area contributed by atoms with E-state index in [0.29, 0.717) is 6.61 Å². The van der Waals surface area contributed by atoms with Gasteiger partial charge in [0.15, 0.2) is 10.7 Å². The van der Waals surface area contributed by atoms with E-state index in [1.807, 2.05) is 20.8 Å². The van der Waals surface area contributed by atoms with E-state index >= 15 is 0 Å². The van der Waals surface area contributed by atoms with Crippen molar-refractivity contribution in [3.63, 3.8) is 0 Å². The Kier molecular flexibility index (Phi) is 4.87. The third-order valence-electron chi connectivity index (χ3n) is 1.57. The molecule has 72 valence electrons. The smallest absolute Gasteiger partial charge is 0.176 e. The maximum atomic E-state index is 11.5. The van der Waals surface area contributed by atoms with Crippen molar-refractivity contribution in [2.24, 2.45) is 5.92 Å². The van der Waals surface area contributed by atoms with Crippen molar-refractivity contribution in [3.05, 3.63) is 0 Å². The molecule has 0 aromatic carbocycles. The molecule has 12 heavy (non-hydrogen) atoms. The highest BCUT2D eigenvalue weighted by Gasteiger charge is 2.30. The van der Waals surface area contributed by atoms with Crippen LogP contribution in [-0.2, 0) is 9.53 Å². The minimum Gasteiger partial charge on any atom is -0.357 e. The van der Waals surface area contributed by atoms with E-state index < -0.39 is 4.93 Å². The highest BCUT2D eigenvalue weighted by atomic mass is 32.1. The topological polar surface area (TPSA) is 26.3 Å². The average molecular weight is 190 g/mol. The number of thiol groups is 1. The van der Waals surface area contributed by atoms with Gasteiger partial charge in [0.2, 0.25) is 0 Å². The van der Waals surface area contributed by atoms with E-state index in [1.54, 1.807) is 6.92 Å². The lowest BCUT2D eigenvalue weighted by Gasteiger charge is -2.24. The summed E-state index contributed by atoms with van der Waals surface area (Å²) in [4.78, 5) is 10.6. The molecule has 0 amide bonds. The molecule has 2 nitrogen and oxygen atoms in total. The maximum absolute atomic E-state index is 11.5. The van der Waals surface area contributed by atoms with Crippen LogP contribution in [0.25, 0.3) is 0 Å². The van der Waals surface area contributed by atoms with Crippen molar-refractivity contribution in [2.75, 3.05) is 6.61 Å². The summed E-state index contributed by atoms with van der Waals surface area (Å²) >= 11 is 4.18. The standard InChI is InChI=1S/C9H18O2S/c1-5-6-11-9(4,12)8(10)7(2)3/h7,12H,5-6H2,1-4H3. The summed E-state index contributed by atoms with van der Waals surface area (Å²) in [7, 11) is 0. The first-order valence-corrected chi connectivity index (χ1v) is 4.77. The molecule has 0 N–H and O–H groups in total. The summed E-state index contributed by atoms with van der Waals surface area (Å²) < 4.78 is 5.32. The minimum atomic E-state index is -0.913. The summed E-state index contributed by atoms with van der Waals surface area (Å²) in [6, 6.07) is 0. The van der Waals surface area contributed by atoms with Gasteiger partial charge in [-0.1, -0.05) is 20.8 Å². The number of Topliss-reactive ketones (excluding diaryl/α,β-unsaturated/α-hetero) is 1. The van der Waals surface area contributed by atoms with Crippen LogP contribution in [-0.4, -0.2) is 17.3 Å². The SMILES string of the molecule is CCCOC(C)(S)C(=O)C(C)C. The third-order valence-corrected chi connectivity index (χ3v) is 1.92. The van der Waals surface area contributed by atoms with Crippen LogP contribution in [0.3, 0.4) is 0 Å². The number of hydrogen-bond donors (Lipinski definition) is 1. The molecule has 3 heteroatoms. The van der Waals surface area contributed by atoms with Crippen LogP contribution >= 0.6 is 12.6 Å². The second-order valence-corrected chi connectivity index (χ2v) is 4.20. The molecule has 0 aromatic rings. The fourth-order valence-electron chi connectivity index (χ4n) is 0.908. The summed E-state index contributed by atoms with van der Waals surface area (Å²) in [6.45, 7) is 7.99. The van der Waals surface area contributed by atoms with E-state index in [1.165, 1.54) is 0 Å². The van der Waals surface area contributed by atoms with Gasteiger partial charge in [-0.2, -0.15) is 0 Å². The summed E-state index contributed by atoms with van der Waals surface area (Å²) in [5, 5.41) is 0. The first-order chi connectivity index (χ1) is 5.41. The molecule has 0 heterocycles. The zero-order valence-corrected chi connectivity index (χ0v) is 9.15. The van der Waals surface area contributed by atoms with Crippen LogP contribution in [0.5, 0.6) is 0 Å². The van der Waals surface area contributed by atoms with Gasteiger partial charge < -0.3 is 4.74 Å². The van der Waals surface area contributed by atoms with Gasteiger partial charge >= 0.3 is 0 Å². The molecule has 0 aliphatic heterocycles. The predicted molar refractivity (Wildman–Crippen MR) is 53.5 cm³/mol. The Balaban J connectivity index is 4.09. The van der Waals surface area contributed by atoms with Crippen molar-refractivity contribution in [1.29, 1.82) is 0 Å². The number of hydrogen-bond acceptors (Lipinski definition) is 3. The lowest BCUT2D eigenvalue weighted by Crippen LogP contribution is -2.35. The molecular formula is C9H18O2S. The first kappa shape index (κ1) is 12.0. The van der Waals surface area contributed by atoms with Gasteiger partial charge in [0, 0.05) is 12.5 Å².